The molecule has 0 aliphatic carbocycles. The number of hydrogen-bond donors (Lipinski definition) is 3. The smallest absolute Gasteiger partial charge is 0.315 e. The van der Waals surface area contributed by atoms with Crippen molar-refractivity contribution >= 4 is 17.6 Å². The van der Waals surface area contributed by atoms with Gasteiger partial charge in [-0.25, -0.2) is 4.79 Å². The molecule has 3 N–H and O–H groups in total. The molecule has 23 heavy (non-hydrogen) atoms. The molecule has 0 radical (unpaired) electrons. The van der Waals surface area contributed by atoms with Gasteiger partial charge in [-0.2, -0.15) is 0 Å². The average molecular weight is 341 g/mol. The first-order valence-corrected chi connectivity index (χ1v) is 8.15. The van der Waals surface area contributed by atoms with Crippen LogP contribution in [0, 0.1) is 0 Å². The summed E-state index contributed by atoms with van der Waals surface area (Å²) in [5, 5.41) is 16.2. The van der Waals surface area contributed by atoms with Gasteiger partial charge in [0, 0.05) is 17.1 Å². The number of nitrogens with one attached hydrogen (secondary N) is 2. The molecule has 1 aromatic carbocycles. The predicted octanol–water partition coefficient (Wildman–Crippen LogP) is 3.02. The summed E-state index contributed by atoms with van der Waals surface area (Å²) in [5.41, 5.74) is -0.0964. The molecule has 1 fully saturated rings. The number of benzene rings is 1. The topological polar surface area (TPSA) is 70.6 Å². The molecule has 2 unspecified atom stereocenters. The first-order valence-electron chi connectivity index (χ1n) is 7.78. The molecular weight excluding hydrogens is 316 g/mol. The van der Waals surface area contributed by atoms with Crippen LogP contribution in [0.25, 0.3) is 0 Å². The number of carbonyl (C=O) groups excluding carboxylic acids is 1. The highest BCUT2D eigenvalue weighted by Gasteiger charge is 2.46. The van der Waals surface area contributed by atoms with Crippen LogP contribution in [-0.4, -0.2) is 34.9 Å². The van der Waals surface area contributed by atoms with E-state index in [9.17, 15) is 9.90 Å². The number of amides is 2. The van der Waals surface area contributed by atoms with Crippen molar-refractivity contribution in [2.24, 2.45) is 0 Å². The van der Waals surface area contributed by atoms with Gasteiger partial charge in [-0.15, -0.1) is 0 Å². The van der Waals surface area contributed by atoms with Gasteiger partial charge < -0.3 is 20.5 Å². The fourth-order valence-corrected chi connectivity index (χ4v) is 3.30. The van der Waals surface area contributed by atoms with Crippen LogP contribution >= 0.6 is 11.6 Å². The minimum Gasteiger partial charge on any atom is -0.387 e. The number of rotatable bonds is 4. The summed E-state index contributed by atoms with van der Waals surface area (Å²) in [6.07, 6.45) is -0.112. The largest absolute Gasteiger partial charge is 0.387 e. The quantitative estimate of drug-likeness (QED) is 0.789. The highest BCUT2D eigenvalue weighted by atomic mass is 35.5. The van der Waals surface area contributed by atoms with Gasteiger partial charge in [-0.1, -0.05) is 29.8 Å². The highest BCUT2D eigenvalue weighted by Crippen LogP contribution is 2.37. The van der Waals surface area contributed by atoms with E-state index in [2.05, 4.69) is 10.6 Å². The Bertz CT molecular complexity index is 575. The third-order valence-corrected chi connectivity index (χ3v) is 4.44. The fourth-order valence-electron chi connectivity index (χ4n) is 3.04. The molecule has 2 atom stereocenters. The fraction of sp³-hybridized carbons (Fsp3) is 0.588. The first kappa shape index (κ1) is 18.0. The number of hydrogen-bond acceptors (Lipinski definition) is 3. The van der Waals surface area contributed by atoms with Gasteiger partial charge in [0.2, 0.25) is 0 Å². The Morgan fingerprint density at radius 1 is 1.39 bits per heavy atom. The summed E-state index contributed by atoms with van der Waals surface area (Å²) in [7, 11) is 0. The maximum Gasteiger partial charge on any atom is 0.315 e. The summed E-state index contributed by atoms with van der Waals surface area (Å²) < 4.78 is 5.95. The van der Waals surface area contributed by atoms with Crippen molar-refractivity contribution in [2.75, 3.05) is 6.54 Å². The molecule has 1 aromatic rings. The lowest BCUT2D eigenvalue weighted by atomic mass is 9.95. The number of urea groups is 1. The number of halogens is 1. The molecule has 2 amide bonds. The highest BCUT2D eigenvalue weighted by molar-refractivity contribution is 6.31. The van der Waals surface area contributed by atoms with Crippen molar-refractivity contribution < 1.29 is 14.6 Å². The van der Waals surface area contributed by atoms with Gasteiger partial charge in [0.05, 0.1) is 23.3 Å². The van der Waals surface area contributed by atoms with E-state index in [0.717, 1.165) is 6.42 Å². The molecule has 0 spiro atoms. The molecule has 0 bridgehead atoms. The van der Waals surface area contributed by atoms with E-state index in [4.69, 9.17) is 16.3 Å². The molecular formula is C17H25ClN2O3. The molecule has 1 saturated heterocycles. The summed E-state index contributed by atoms with van der Waals surface area (Å²) in [6, 6.07) is 6.63. The van der Waals surface area contributed by atoms with Crippen LogP contribution in [0.3, 0.4) is 0 Å². The van der Waals surface area contributed by atoms with E-state index in [-0.39, 0.29) is 24.2 Å². The lowest BCUT2D eigenvalue weighted by Crippen LogP contribution is -2.50. The van der Waals surface area contributed by atoms with Crippen molar-refractivity contribution in [1.82, 2.24) is 10.6 Å². The van der Waals surface area contributed by atoms with Crippen molar-refractivity contribution in [3.05, 3.63) is 34.9 Å². The van der Waals surface area contributed by atoms with Crippen LogP contribution in [0.4, 0.5) is 4.79 Å². The number of carbonyl (C=O) groups is 1. The molecule has 2 rings (SSSR count). The van der Waals surface area contributed by atoms with Crippen LogP contribution < -0.4 is 10.6 Å². The van der Waals surface area contributed by atoms with E-state index in [1.165, 1.54) is 0 Å². The van der Waals surface area contributed by atoms with Crippen molar-refractivity contribution in [2.45, 2.75) is 57.5 Å². The van der Waals surface area contributed by atoms with E-state index in [0.29, 0.717) is 10.6 Å². The Balaban J connectivity index is 1.87. The maximum atomic E-state index is 12.1. The van der Waals surface area contributed by atoms with Crippen molar-refractivity contribution in [3.8, 4) is 0 Å². The van der Waals surface area contributed by atoms with E-state index < -0.39 is 11.7 Å². The maximum absolute atomic E-state index is 12.1. The lowest BCUT2D eigenvalue weighted by Gasteiger charge is -2.27. The van der Waals surface area contributed by atoms with Crippen LogP contribution in [0.2, 0.25) is 5.02 Å². The third-order valence-electron chi connectivity index (χ3n) is 4.10. The second kappa shape index (κ2) is 6.67. The zero-order valence-corrected chi connectivity index (χ0v) is 14.8. The Morgan fingerprint density at radius 2 is 2.04 bits per heavy atom. The number of ether oxygens (including phenoxy) is 1. The second-order valence-corrected chi connectivity index (χ2v) is 7.52. The SMILES string of the molecule is CC1(C)CC(NC(=O)NCC(O)c2ccccc2Cl)C(C)(C)O1. The second-order valence-electron chi connectivity index (χ2n) is 7.11. The van der Waals surface area contributed by atoms with E-state index in [1.807, 2.05) is 27.7 Å². The van der Waals surface area contributed by atoms with Crippen LogP contribution in [0.1, 0.15) is 45.8 Å². The van der Waals surface area contributed by atoms with Crippen LogP contribution in [-0.2, 0) is 4.74 Å². The summed E-state index contributed by atoms with van der Waals surface area (Å²) in [5.74, 6) is 0. The van der Waals surface area contributed by atoms with E-state index >= 15 is 0 Å². The minimum atomic E-state index is -0.848. The zero-order chi connectivity index (χ0) is 17.3. The van der Waals surface area contributed by atoms with Gasteiger partial charge in [0.15, 0.2) is 0 Å². The molecule has 1 aliphatic heterocycles. The summed E-state index contributed by atoms with van der Waals surface area (Å²) in [4.78, 5) is 12.1. The van der Waals surface area contributed by atoms with Gasteiger partial charge in [-0.05, 0) is 40.2 Å². The predicted molar refractivity (Wildman–Crippen MR) is 90.6 cm³/mol. The molecule has 1 heterocycles. The van der Waals surface area contributed by atoms with Gasteiger partial charge in [0.1, 0.15) is 0 Å². The average Bonchev–Trinajstić information content (AvgIpc) is 2.64. The summed E-state index contributed by atoms with van der Waals surface area (Å²) in [6.45, 7) is 8.04. The van der Waals surface area contributed by atoms with E-state index in [1.54, 1.807) is 24.3 Å². The number of aliphatic hydroxyl groups excluding tert-OH is 1. The molecule has 0 aromatic heterocycles. The Morgan fingerprint density at radius 3 is 2.61 bits per heavy atom. The summed E-state index contributed by atoms with van der Waals surface area (Å²) >= 11 is 6.04. The van der Waals surface area contributed by atoms with Crippen LogP contribution in [0.15, 0.2) is 24.3 Å². The molecule has 6 heteroatoms. The zero-order valence-electron chi connectivity index (χ0n) is 14.0. The van der Waals surface area contributed by atoms with Gasteiger partial charge in [0.25, 0.3) is 0 Å². The van der Waals surface area contributed by atoms with Crippen LogP contribution in [0.5, 0.6) is 0 Å². The monoisotopic (exact) mass is 340 g/mol. The minimum absolute atomic E-state index is 0.0880. The molecule has 5 nitrogen and oxygen atoms in total. The van der Waals surface area contributed by atoms with Gasteiger partial charge >= 0.3 is 6.03 Å². The third kappa shape index (κ3) is 4.59. The van der Waals surface area contributed by atoms with Crippen molar-refractivity contribution in [1.29, 1.82) is 0 Å². The lowest BCUT2D eigenvalue weighted by molar-refractivity contribution is -0.0690. The Kier molecular flexibility index (Phi) is 5.23. The Labute approximate surface area is 142 Å². The number of aliphatic hydroxyl groups is 1. The molecule has 128 valence electrons. The standard InChI is InChI=1S/C17H25ClN2O3/c1-16(2)9-14(17(3,4)23-16)20-15(22)19-10-13(21)11-7-5-6-8-12(11)18/h5-8,13-14,21H,9-10H2,1-4H3,(H2,19,20,22). The molecule has 1 aliphatic rings. The Hall–Kier alpha value is -1.30. The normalized spacial score (nSPS) is 23.3. The first-order chi connectivity index (χ1) is 10.6. The molecule has 0 saturated carbocycles. The van der Waals surface area contributed by atoms with Gasteiger partial charge in [-0.3, -0.25) is 0 Å². The van der Waals surface area contributed by atoms with Crippen molar-refractivity contribution in [3.63, 3.8) is 0 Å².